The Morgan fingerprint density at radius 2 is 2.05 bits per heavy atom. The van der Waals surface area contributed by atoms with Crippen molar-refractivity contribution in [1.29, 1.82) is 0 Å². The first-order chi connectivity index (χ1) is 9.64. The Labute approximate surface area is 117 Å². The van der Waals surface area contributed by atoms with Gasteiger partial charge in [0.15, 0.2) is 0 Å². The first-order valence-electron chi connectivity index (χ1n) is 6.62. The van der Waals surface area contributed by atoms with Crippen LogP contribution in [0.15, 0.2) is 24.3 Å². The van der Waals surface area contributed by atoms with Crippen molar-refractivity contribution in [2.75, 3.05) is 20.2 Å². The lowest BCUT2D eigenvalue weighted by atomic mass is 9.99. The van der Waals surface area contributed by atoms with Gasteiger partial charge in [-0.2, -0.15) is 0 Å². The number of hydrogen-bond acceptors (Lipinski definition) is 4. The predicted molar refractivity (Wildman–Crippen MR) is 72.3 cm³/mol. The standard InChI is InChI=1S/C14H17N3O3/c1-20-11-4-2-10(3-5-11)8-17-12(18)14(16-13(17)19)6-7-15-9-14/h2-5,15H,6-9H2,1H3,(H,16,19)/t14-/m1/s1. The summed E-state index contributed by atoms with van der Waals surface area (Å²) in [6, 6.07) is 7.05. The molecule has 1 atom stereocenters. The lowest BCUT2D eigenvalue weighted by molar-refractivity contribution is -0.131. The van der Waals surface area contributed by atoms with Crippen LogP contribution in [0, 0.1) is 0 Å². The Balaban J connectivity index is 1.76. The molecule has 0 bridgehead atoms. The normalized spacial score (nSPS) is 25.4. The highest BCUT2D eigenvalue weighted by Crippen LogP contribution is 2.25. The Bertz CT molecular complexity index is 535. The predicted octanol–water partition coefficient (Wildman–Crippen LogP) is 0.479. The van der Waals surface area contributed by atoms with Crippen molar-refractivity contribution >= 4 is 11.9 Å². The molecule has 2 aliphatic heterocycles. The maximum atomic E-state index is 12.4. The molecule has 2 aliphatic rings. The second-order valence-electron chi connectivity index (χ2n) is 5.18. The zero-order valence-corrected chi connectivity index (χ0v) is 11.3. The molecule has 0 radical (unpaired) electrons. The molecule has 6 heteroatoms. The van der Waals surface area contributed by atoms with Gasteiger partial charge in [0.1, 0.15) is 11.3 Å². The van der Waals surface area contributed by atoms with Gasteiger partial charge in [0.05, 0.1) is 13.7 Å². The van der Waals surface area contributed by atoms with E-state index in [0.717, 1.165) is 17.9 Å². The van der Waals surface area contributed by atoms with Crippen LogP contribution in [0.3, 0.4) is 0 Å². The molecule has 0 unspecified atom stereocenters. The Morgan fingerprint density at radius 3 is 2.65 bits per heavy atom. The van der Waals surface area contributed by atoms with E-state index < -0.39 is 5.54 Å². The van der Waals surface area contributed by atoms with Gasteiger partial charge in [-0.15, -0.1) is 0 Å². The zero-order valence-electron chi connectivity index (χ0n) is 11.3. The SMILES string of the molecule is COc1ccc(CN2C(=O)N[C@@]3(CCNC3)C2=O)cc1. The van der Waals surface area contributed by atoms with Crippen molar-refractivity contribution in [3.05, 3.63) is 29.8 Å². The van der Waals surface area contributed by atoms with Crippen LogP contribution >= 0.6 is 0 Å². The molecule has 1 aromatic carbocycles. The van der Waals surface area contributed by atoms with Crippen LogP contribution in [0.4, 0.5) is 4.79 Å². The van der Waals surface area contributed by atoms with E-state index in [1.165, 1.54) is 4.90 Å². The Morgan fingerprint density at radius 1 is 1.30 bits per heavy atom. The number of carbonyl (C=O) groups excluding carboxylic acids is 2. The molecule has 1 aromatic rings. The van der Waals surface area contributed by atoms with Gasteiger partial charge in [-0.05, 0) is 30.7 Å². The van der Waals surface area contributed by atoms with Crippen molar-refractivity contribution in [3.8, 4) is 5.75 Å². The summed E-state index contributed by atoms with van der Waals surface area (Å²) >= 11 is 0. The molecule has 3 rings (SSSR count). The summed E-state index contributed by atoms with van der Waals surface area (Å²) in [5.74, 6) is 0.616. The van der Waals surface area contributed by atoms with Crippen molar-refractivity contribution in [3.63, 3.8) is 0 Å². The van der Waals surface area contributed by atoms with Crippen LogP contribution in [0.1, 0.15) is 12.0 Å². The molecular formula is C14H17N3O3. The quantitative estimate of drug-likeness (QED) is 0.787. The number of nitrogens with zero attached hydrogens (tertiary/aromatic N) is 1. The van der Waals surface area contributed by atoms with Crippen LogP contribution in [-0.4, -0.2) is 42.6 Å². The number of urea groups is 1. The average molecular weight is 275 g/mol. The fraction of sp³-hybridized carbons (Fsp3) is 0.429. The number of carbonyl (C=O) groups is 2. The van der Waals surface area contributed by atoms with Gasteiger partial charge < -0.3 is 15.4 Å². The molecule has 106 valence electrons. The van der Waals surface area contributed by atoms with E-state index in [1.54, 1.807) is 7.11 Å². The van der Waals surface area contributed by atoms with Gasteiger partial charge in [0.25, 0.3) is 5.91 Å². The molecule has 20 heavy (non-hydrogen) atoms. The minimum atomic E-state index is -0.733. The van der Waals surface area contributed by atoms with Gasteiger partial charge in [-0.25, -0.2) is 4.79 Å². The van der Waals surface area contributed by atoms with E-state index in [4.69, 9.17) is 4.74 Å². The third-order valence-electron chi connectivity index (χ3n) is 3.90. The highest BCUT2D eigenvalue weighted by molar-refractivity contribution is 6.07. The first kappa shape index (κ1) is 12.9. The van der Waals surface area contributed by atoms with Crippen molar-refractivity contribution < 1.29 is 14.3 Å². The van der Waals surface area contributed by atoms with Crippen LogP contribution in [0.5, 0.6) is 5.75 Å². The zero-order chi connectivity index (χ0) is 14.2. The van der Waals surface area contributed by atoms with Gasteiger partial charge in [0, 0.05) is 6.54 Å². The van der Waals surface area contributed by atoms with E-state index in [0.29, 0.717) is 13.0 Å². The summed E-state index contributed by atoms with van der Waals surface area (Å²) in [4.78, 5) is 25.7. The lowest BCUT2D eigenvalue weighted by Gasteiger charge is -2.19. The summed E-state index contributed by atoms with van der Waals surface area (Å²) < 4.78 is 5.09. The summed E-state index contributed by atoms with van der Waals surface area (Å²) in [5.41, 5.74) is 0.168. The Kier molecular flexibility index (Phi) is 3.10. The van der Waals surface area contributed by atoms with Crippen molar-refractivity contribution in [2.24, 2.45) is 0 Å². The van der Waals surface area contributed by atoms with Crippen molar-refractivity contribution in [1.82, 2.24) is 15.5 Å². The van der Waals surface area contributed by atoms with E-state index in [1.807, 2.05) is 24.3 Å². The van der Waals surface area contributed by atoms with Crippen LogP contribution in [-0.2, 0) is 11.3 Å². The van der Waals surface area contributed by atoms with Gasteiger partial charge >= 0.3 is 6.03 Å². The molecule has 2 saturated heterocycles. The highest BCUT2D eigenvalue weighted by atomic mass is 16.5. The maximum Gasteiger partial charge on any atom is 0.325 e. The molecule has 2 heterocycles. The fourth-order valence-corrected chi connectivity index (χ4v) is 2.71. The fourth-order valence-electron chi connectivity index (χ4n) is 2.71. The maximum absolute atomic E-state index is 12.4. The third kappa shape index (κ3) is 2.02. The average Bonchev–Trinajstić information content (AvgIpc) is 3.01. The molecular weight excluding hydrogens is 258 g/mol. The van der Waals surface area contributed by atoms with E-state index >= 15 is 0 Å². The molecule has 2 N–H and O–H groups in total. The number of imide groups is 1. The van der Waals surface area contributed by atoms with E-state index in [-0.39, 0.29) is 18.5 Å². The highest BCUT2D eigenvalue weighted by Gasteiger charge is 2.52. The molecule has 0 aliphatic carbocycles. The molecule has 2 fully saturated rings. The van der Waals surface area contributed by atoms with Crippen LogP contribution < -0.4 is 15.4 Å². The number of rotatable bonds is 3. The molecule has 0 saturated carbocycles. The van der Waals surface area contributed by atoms with Gasteiger partial charge in [-0.3, -0.25) is 9.69 Å². The lowest BCUT2D eigenvalue weighted by Crippen LogP contribution is -2.48. The van der Waals surface area contributed by atoms with Crippen molar-refractivity contribution in [2.45, 2.75) is 18.5 Å². The smallest absolute Gasteiger partial charge is 0.325 e. The number of benzene rings is 1. The summed E-state index contributed by atoms with van der Waals surface area (Å²) in [5, 5.41) is 5.95. The van der Waals surface area contributed by atoms with Gasteiger partial charge in [-0.1, -0.05) is 12.1 Å². The van der Waals surface area contributed by atoms with Gasteiger partial charge in [0.2, 0.25) is 0 Å². The summed E-state index contributed by atoms with van der Waals surface area (Å²) in [7, 11) is 1.60. The largest absolute Gasteiger partial charge is 0.497 e. The molecule has 0 aromatic heterocycles. The number of hydrogen-bond donors (Lipinski definition) is 2. The molecule has 1 spiro atoms. The van der Waals surface area contributed by atoms with E-state index in [2.05, 4.69) is 10.6 Å². The third-order valence-corrected chi connectivity index (χ3v) is 3.90. The van der Waals surface area contributed by atoms with E-state index in [9.17, 15) is 9.59 Å². The number of nitrogens with one attached hydrogen (secondary N) is 2. The van der Waals surface area contributed by atoms with Crippen LogP contribution in [0.25, 0.3) is 0 Å². The second kappa shape index (κ2) is 4.79. The summed E-state index contributed by atoms with van der Waals surface area (Å²) in [6.45, 7) is 1.55. The second-order valence-corrected chi connectivity index (χ2v) is 5.18. The minimum Gasteiger partial charge on any atom is -0.497 e. The topological polar surface area (TPSA) is 70.7 Å². The molecule has 6 nitrogen and oxygen atoms in total. The number of amides is 3. The monoisotopic (exact) mass is 275 g/mol. The first-order valence-corrected chi connectivity index (χ1v) is 6.62. The Hall–Kier alpha value is -2.08. The number of methoxy groups -OCH3 is 1. The number of ether oxygens (including phenoxy) is 1. The summed E-state index contributed by atoms with van der Waals surface area (Å²) in [6.07, 6.45) is 0.649. The molecule has 3 amide bonds. The van der Waals surface area contributed by atoms with Crippen LogP contribution in [0.2, 0.25) is 0 Å². The minimum absolute atomic E-state index is 0.136.